The number of aliphatic hydroxyl groups is 1. The molecule has 0 aliphatic rings. The molecule has 1 N–H and O–H groups in total. The van der Waals surface area contributed by atoms with Crippen LogP contribution in [-0.2, 0) is 10.1 Å². The molecule has 2 unspecified atom stereocenters. The molecule has 0 aromatic rings. The van der Waals surface area contributed by atoms with Crippen LogP contribution in [0.15, 0.2) is 0 Å². The van der Waals surface area contributed by atoms with E-state index < -0.39 is 15.4 Å². The summed E-state index contributed by atoms with van der Waals surface area (Å²) < 4.78 is 34.4. The Balaban J connectivity index is 0. The van der Waals surface area contributed by atoms with Crippen molar-refractivity contribution in [1.82, 2.24) is 0 Å². The van der Waals surface area contributed by atoms with Crippen LogP contribution in [0.4, 0.5) is 0 Å². The monoisotopic (exact) mass is 456 g/mol. The first-order valence-corrected chi connectivity index (χ1v) is 14.0. The molecule has 2 atom stereocenters. The average Bonchev–Trinajstić information content (AvgIpc) is 2.68. The number of rotatable bonds is 22. The molecule has 0 bridgehead atoms. The van der Waals surface area contributed by atoms with Crippen LogP contribution in [0.2, 0.25) is 0 Å². The van der Waals surface area contributed by atoms with Crippen molar-refractivity contribution in [2.24, 2.45) is 0 Å². The van der Waals surface area contributed by atoms with Crippen LogP contribution in [-0.4, -0.2) is 29.4 Å². The molecule has 0 saturated carbocycles. The Bertz CT molecular complexity index is 442. The van der Waals surface area contributed by atoms with Crippen molar-refractivity contribution in [2.45, 2.75) is 154 Å². The summed E-state index contributed by atoms with van der Waals surface area (Å²) in [7, 11) is -4.14. The predicted octanol–water partition coefficient (Wildman–Crippen LogP) is 4.11. The zero-order valence-electron chi connectivity index (χ0n) is 20.4. The van der Waals surface area contributed by atoms with E-state index in [2.05, 4.69) is 6.92 Å². The first-order valence-electron chi connectivity index (χ1n) is 12.5. The maximum atomic E-state index is 11.5. The first-order chi connectivity index (χ1) is 13.9. The zero-order chi connectivity index (χ0) is 21.8. The van der Waals surface area contributed by atoms with E-state index >= 15 is 0 Å². The molecule has 0 aliphatic heterocycles. The number of aliphatic hydroxyl groups excluding tert-OH is 1. The van der Waals surface area contributed by atoms with Gasteiger partial charge in [-0.25, -0.2) is 8.42 Å². The second kappa shape index (κ2) is 23.0. The van der Waals surface area contributed by atoms with Crippen molar-refractivity contribution in [1.29, 1.82) is 0 Å². The molecule has 0 aliphatic carbocycles. The van der Waals surface area contributed by atoms with Gasteiger partial charge in [-0.3, -0.25) is 0 Å². The van der Waals surface area contributed by atoms with Crippen LogP contribution < -0.4 is 29.6 Å². The Labute approximate surface area is 210 Å². The molecule has 0 saturated heterocycles. The Hall–Kier alpha value is 0.870. The van der Waals surface area contributed by atoms with Crippen molar-refractivity contribution >= 4 is 10.1 Å². The molecule has 0 heterocycles. The summed E-state index contributed by atoms with van der Waals surface area (Å²) in [5, 5.41) is 8.85. The number of unbranched alkanes of at least 4 members (excludes halogenated alkanes) is 14. The predicted molar refractivity (Wildman–Crippen MR) is 123 cm³/mol. The van der Waals surface area contributed by atoms with Gasteiger partial charge in [-0.15, -0.1) is 0 Å². The van der Waals surface area contributed by atoms with Crippen LogP contribution in [0.1, 0.15) is 142 Å². The Morgan fingerprint density at radius 3 is 1.30 bits per heavy atom. The summed E-state index contributed by atoms with van der Waals surface area (Å²) in [5.41, 5.74) is 0. The Kier molecular flexibility index (Phi) is 25.4. The minimum absolute atomic E-state index is 0. The normalized spacial score (nSPS) is 13.7. The van der Waals surface area contributed by atoms with Crippen molar-refractivity contribution in [3.63, 3.8) is 0 Å². The smallest absolute Gasteiger partial charge is 0.748 e. The molecular weight excluding hydrogens is 407 g/mol. The third-order valence-electron chi connectivity index (χ3n) is 6.07. The minimum Gasteiger partial charge on any atom is -0.748 e. The summed E-state index contributed by atoms with van der Waals surface area (Å²) in [5.74, 6) is 0. The molecule has 176 valence electrons. The molecular formula is C24H49NaO4S. The van der Waals surface area contributed by atoms with Gasteiger partial charge in [0.1, 0.15) is 0 Å². The third-order valence-corrected chi connectivity index (χ3v) is 7.36. The van der Waals surface area contributed by atoms with E-state index in [9.17, 15) is 18.1 Å². The quantitative estimate of drug-likeness (QED) is 0.151. The van der Waals surface area contributed by atoms with Crippen molar-refractivity contribution < 1.29 is 47.6 Å². The van der Waals surface area contributed by atoms with Gasteiger partial charge < -0.3 is 9.66 Å². The van der Waals surface area contributed by atoms with E-state index in [4.69, 9.17) is 0 Å². The summed E-state index contributed by atoms with van der Waals surface area (Å²) in [6.07, 6.45) is 21.3. The topological polar surface area (TPSA) is 77.4 Å². The molecule has 0 spiro atoms. The second-order valence-corrected chi connectivity index (χ2v) is 10.5. The van der Waals surface area contributed by atoms with Crippen LogP contribution in [0.3, 0.4) is 0 Å². The van der Waals surface area contributed by atoms with Crippen molar-refractivity contribution in [2.75, 3.05) is 0 Å². The zero-order valence-corrected chi connectivity index (χ0v) is 23.2. The fraction of sp³-hybridized carbons (Fsp3) is 1.00. The second-order valence-electron chi connectivity index (χ2n) is 8.85. The maximum Gasteiger partial charge on any atom is 1.00 e. The average molecular weight is 457 g/mol. The summed E-state index contributed by atoms with van der Waals surface area (Å²) in [4.78, 5) is 0. The fourth-order valence-electron chi connectivity index (χ4n) is 3.96. The van der Waals surface area contributed by atoms with Crippen LogP contribution in [0.25, 0.3) is 0 Å². The van der Waals surface area contributed by atoms with Gasteiger partial charge in [0.2, 0.25) is 0 Å². The Morgan fingerprint density at radius 2 is 0.967 bits per heavy atom. The number of hydrogen-bond acceptors (Lipinski definition) is 4. The molecule has 4 nitrogen and oxygen atoms in total. The van der Waals surface area contributed by atoms with Gasteiger partial charge in [-0.05, 0) is 25.7 Å². The van der Waals surface area contributed by atoms with E-state index in [0.717, 1.165) is 57.8 Å². The van der Waals surface area contributed by atoms with Gasteiger partial charge in [0, 0.05) is 5.25 Å². The molecule has 6 heteroatoms. The van der Waals surface area contributed by atoms with E-state index in [-0.39, 0.29) is 35.7 Å². The molecule has 0 aromatic heterocycles. The Morgan fingerprint density at radius 1 is 0.633 bits per heavy atom. The summed E-state index contributed by atoms with van der Waals surface area (Å²) in [6.45, 7) is 4.19. The summed E-state index contributed by atoms with van der Waals surface area (Å²) >= 11 is 0. The molecule has 0 fully saturated rings. The third kappa shape index (κ3) is 22.1. The van der Waals surface area contributed by atoms with Gasteiger partial charge in [0.15, 0.2) is 0 Å². The summed E-state index contributed by atoms with van der Waals surface area (Å²) in [6, 6.07) is 0. The first kappa shape index (κ1) is 33.0. The molecule has 0 radical (unpaired) electrons. The SMILES string of the molecule is CCCCCCCC(CCCCCCCCCCCCCC(O)CC)S(=O)(=O)[O-].[Na+]. The van der Waals surface area contributed by atoms with Gasteiger partial charge in [-0.2, -0.15) is 0 Å². The molecule has 0 amide bonds. The standard InChI is InChI=1S/C24H50O4S.Na/c1-3-5-6-14-18-21-24(29(26,27)28)22-19-16-13-11-9-7-8-10-12-15-17-20-23(25)4-2;/h23-25H,3-22H2,1-2H3,(H,26,27,28);/q;+1/p-1. The van der Waals surface area contributed by atoms with E-state index in [1.165, 1.54) is 57.8 Å². The largest absolute Gasteiger partial charge is 1.00 e. The number of hydrogen-bond donors (Lipinski definition) is 1. The molecule has 0 aromatic carbocycles. The van der Waals surface area contributed by atoms with Gasteiger partial charge in [-0.1, -0.05) is 117 Å². The van der Waals surface area contributed by atoms with E-state index in [1.807, 2.05) is 6.92 Å². The van der Waals surface area contributed by atoms with E-state index in [0.29, 0.717) is 12.8 Å². The fourth-order valence-corrected chi connectivity index (χ4v) is 4.87. The van der Waals surface area contributed by atoms with Crippen LogP contribution in [0.5, 0.6) is 0 Å². The van der Waals surface area contributed by atoms with Crippen LogP contribution >= 0.6 is 0 Å². The molecule has 0 rings (SSSR count). The van der Waals surface area contributed by atoms with Crippen molar-refractivity contribution in [3.05, 3.63) is 0 Å². The van der Waals surface area contributed by atoms with Gasteiger partial charge in [0.05, 0.1) is 16.2 Å². The van der Waals surface area contributed by atoms with E-state index in [1.54, 1.807) is 0 Å². The van der Waals surface area contributed by atoms with Gasteiger partial charge >= 0.3 is 29.6 Å². The molecule has 30 heavy (non-hydrogen) atoms. The maximum absolute atomic E-state index is 11.5. The van der Waals surface area contributed by atoms with Crippen LogP contribution in [0, 0.1) is 0 Å². The van der Waals surface area contributed by atoms with Gasteiger partial charge in [0.25, 0.3) is 0 Å². The minimum atomic E-state index is -4.14. The van der Waals surface area contributed by atoms with Crippen molar-refractivity contribution in [3.8, 4) is 0 Å².